The van der Waals surface area contributed by atoms with Crippen LogP contribution in [-0.2, 0) is 4.74 Å². The molecule has 1 aromatic rings. The molecule has 0 spiro atoms. The third-order valence-corrected chi connectivity index (χ3v) is 2.44. The highest BCUT2D eigenvalue weighted by atomic mass is 16.5. The van der Waals surface area contributed by atoms with E-state index in [1.165, 1.54) is 5.01 Å². The highest BCUT2D eigenvalue weighted by Gasteiger charge is 2.22. The van der Waals surface area contributed by atoms with Crippen molar-refractivity contribution in [1.82, 2.24) is 10.3 Å². The van der Waals surface area contributed by atoms with Gasteiger partial charge in [-0.05, 0) is 12.5 Å². The molecule has 5 nitrogen and oxygen atoms in total. The van der Waals surface area contributed by atoms with Gasteiger partial charge in [-0.15, -0.1) is 0 Å². The maximum absolute atomic E-state index is 11.7. The molecule has 1 unspecified atom stereocenters. The van der Waals surface area contributed by atoms with Crippen molar-refractivity contribution < 1.29 is 9.53 Å². The first kappa shape index (κ1) is 11.6. The fourth-order valence-electron chi connectivity index (χ4n) is 1.54. The standard InChI is InChI=1S/C12H15N3O2/c1-2-17-9-15-12(16)14-11(8-13-15)10-6-4-3-5-7-10/h3-8,11H,2,9H2,1H3,(H,14,16). The van der Waals surface area contributed by atoms with Gasteiger partial charge in [0.15, 0.2) is 0 Å². The largest absolute Gasteiger partial charge is 0.359 e. The summed E-state index contributed by atoms with van der Waals surface area (Å²) in [5.41, 5.74) is 1.01. The fraction of sp³-hybridized carbons (Fsp3) is 0.333. The topological polar surface area (TPSA) is 53.9 Å². The smallest absolute Gasteiger partial charge is 0.340 e. The zero-order chi connectivity index (χ0) is 12.1. The molecule has 1 aliphatic heterocycles. The Labute approximate surface area is 100 Å². The number of rotatable bonds is 4. The predicted octanol–water partition coefficient (Wildman–Crippen LogP) is 1.73. The van der Waals surface area contributed by atoms with Crippen LogP contribution in [0.5, 0.6) is 0 Å². The Morgan fingerprint density at radius 1 is 1.41 bits per heavy atom. The maximum atomic E-state index is 11.7. The summed E-state index contributed by atoms with van der Waals surface area (Å²) in [5, 5.41) is 8.19. The Bertz CT molecular complexity index is 405. The third-order valence-electron chi connectivity index (χ3n) is 2.44. The molecule has 2 rings (SSSR count). The van der Waals surface area contributed by atoms with E-state index in [9.17, 15) is 4.79 Å². The number of amides is 2. The molecular formula is C12H15N3O2. The van der Waals surface area contributed by atoms with Gasteiger partial charge in [0.2, 0.25) is 0 Å². The van der Waals surface area contributed by atoms with Gasteiger partial charge in [-0.3, -0.25) is 0 Å². The highest BCUT2D eigenvalue weighted by Crippen LogP contribution is 2.14. The van der Waals surface area contributed by atoms with Crippen molar-refractivity contribution in [2.75, 3.05) is 13.3 Å². The van der Waals surface area contributed by atoms with Crippen LogP contribution < -0.4 is 5.32 Å². The number of carbonyl (C=O) groups excluding carboxylic acids is 1. The van der Waals surface area contributed by atoms with Crippen molar-refractivity contribution in [2.45, 2.75) is 13.0 Å². The van der Waals surface area contributed by atoms with Crippen molar-refractivity contribution in [2.24, 2.45) is 5.10 Å². The SMILES string of the molecule is CCOCN1N=CC(c2ccccc2)NC1=O. The lowest BCUT2D eigenvalue weighted by Gasteiger charge is -2.25. The van der Waals surface area contributed by atoms with Gasteiger partial charge < -0.3 is 10.1 Å². The van der Waals surface area contributed by atoms with Crippen molar-refractivity contribution in [1.29, 1.82) is 0 Å². The van der Waals surface area contributed by atoms with E-state index in [2.05, 4.69) is 10.4 Å². The molecule has 2 amide bonds. The average molecular weight is 233 g/mol. The lowest BCUT2D eigenvalue weighted by molar-refractivity contribution is 0.0539. The summed E-state index contributed by atoms with van der Waals surface area (Å²) in [6.45, 7) is 2.61. The molecule has 0 saturated carbocycles. The minimum Gasteiger partial charge on any atom is -0.359 e. The molecule has 1 N–H and O–H groups in total. The Morgan fingerprint density at radius 2 is 2.18 bits per heavy atom. The second kappa shape index (κ2) is 5.45. The van der Waals surface area contributed by atoms with Crippen molar-refractivity contribution in [3.8, 4) is 0 Å². The number of carbonyl (C=O) groups is 1. The minimum absolute atomic E-state index is 0.165. The van der Waals surface area contributed by atoms with Crippen LogP contribution in [0.1, 0.15) is 18.5 Å². The van der Waals surface area contributed by atoms with Gasteiger partial charge in [0, 0.05) is 6.61 Å². The van der Waals surface area contributed by atoms with Gasteiger partial charge in [-0.25, -0.2) is 4.79 Å². The molecule has 17 heavy (non-hydrogen) atoms. The summed E-state index contributed by atoms with van der Waals surface area (Å²) in [6, 6.07) is 9.30. The van der Waals surface area contributed by atoms with Crippen LogP contribution in [0.4, 0.5) is 4.79 Å². The lowest BCUT2D eigenvalue weighted by Crippen LogP contribution is -2.44. The third kappa shape index (κ3) is 2.82. The first-order valence-electron chi connectivity index (χ1n) is 5.56. The summed E-state index contributed by atoms with van der Waals surface area (Å²) in [4.78, 5) is 11.7. The molecule has 1 aromatic carbocycles. The number of nitrogens with zero attached hydrogens (tertiary/aromatic N) is 2. The Hall–Kier alpha value is -1.88. The summed E-state index contributed by atoms with van der Waals surface area (Å²) in [6.07, 6.45) is 1.70. The van der Waals surface area contributed by atoms with E-state index in [4.69, 9.17) is 4.74 Å². The van der Waals surface area contributed by atoms with Crippen LogP contribution in [0.15, 0.2) is 35.4 Å². The molecule has 0 bridgehead atoms. The first-order chi connectivity index (χ1) is 8.31. The lowest BCUT2D eigenvalue weighted by atomic mass is 10.1. The molecule has 0 aliphatic carbocycles. The predicted molar refractivity (Wildman–Crippen MR) is 64.5 cm³/mol. The van der Waals surface area contributed by atoms with Crippen molar-refractivity contribution >= 4 is 12.2 Å². The van der Waals surface area contributed by atoms with E-state index in [-0.39, 0.29) is 18.8 Å². The molecule has 0 aromatic heterocycles. The van der Waals surface area contributed by atoms with Gasteiger partial charge in [0.05, 0.1) is 12.3 Å². The zero-order valence-corrected chi connectivity index (χ0v) is 9.67. The second-order valence-electron chi connectivity index (χ2n) is 3.62. The van der Waals surface area contributed by atoms with Gasteiger partial charge in [0.25, 0.3) is 0 Å². The summed E-state index contributed by atoms with van der Waals surface area (Å²) < 4.78 is 5.14. The Morgan fingerprint density at radius 3 is 2.82 bits per heavy atom. The van der Waals surface area contributed by atoms with Gasteiger partial charge >= 0.3 is 6.03 Å². The number of hydrazone groups is 1. The summed E-state index contributed by atoms with van der Waals surface area (Å²) in [5.74, 6) is 0. The number of urea groups is 1. The van der Waals surface area contributed by atoms with E-state index in [1.807, 2.05) is 37.3 Å². The first-order valence-corrected chi connectivity index (χ1v) is 5.56. The monoisotopic (exact) mass is 233 g/mol. The molecular weight excluding hydrogens is 218 g/mol. The van der Waals surface area contributed by atoms with E-state index in [0.717, 1.165) is 5.56 Å². The molecule has 5 heteroatoms. The van der Waals surface area contributed by atoms with Crippen LogP contribution in [0.2, 0.25) is 0 Å². The van der Waals surface area contributed by atoms with Crippen LogP contribution in [0.3, 0.4) is 0 Å². The summed E-state index contributed by atoms with van der Waals surface area (Å²) in [7, 11) is 0. The number of benzene rings is 1. The van der Waals surface area contributed by atoms with E-state index in [0.29, 0.717) is 6.61 Å². The van der Waals surface area contributed by atoms with Crippen LogP contribution >= 0.6 is 0 Å². The number of nitrogens with one attached hydrogen (secondary N) is 1. The molecule has 0 saturated heterocycles. The molecule has 1 aliphatic rings. The fourth-order valence-corrected chi connectivity index (χ4v) is 1.54. The molecule has 1 heterocycles. The number of ether oxygens (including phenoxy) is 1. The molecule has 0 radical (unpaired) electrons. The minimum atomic E-state index is -0.241. The zero-order valence-electron chi connectivity index (χ0n) is 9.67. The Kier molecular flexibility index (Phi) is 3.72. The van der Waals surface area contributed by atoms with Crippen LogP contribution in [0.25, 0.3) is 0 Å². The molecule has 1 atom stereocenters. The quantitative estimate of drug-likeness (QED) is 0.861. The van der Waals surface area contributed by atoms with Crippen molar-refractivity contribution in [3.05, 3.63) is 35.9 Å². The maximum Gasteiger partial charge on any atom is 0.340 e. The number of hydrogen-bond acceptors (Lipinski definition) is 3. The second-order valence-corrected chi connectivity index (χ2v) is 3.62. The van der Waals surface area contributed by atoms with E-state index in [1.54, 1.807) is 6.21 Å². The van der Waals surface area contributed by atoms with E-state index < -0.39 is 0 Å². The Balaban J connectivity index is 2.04. The molecule has 90 valence electrons. The van der Waals surface area contributed by atoms with Gasteiger partial charge in [-0.1, -0.05) is 30.3 Å². The van der Waals surface area contributed by atoms with Crippen molar-refractivity contribution in [3.63, 3.8) is 0 Å². The highest BCUT2D eigenvalue weighted by molar-refractivity contribution is 5.83. The van der Waals surface area contributed by atoms with E-state index >= 15 is 0 Å². The average Bonchev–Trinajstić information content (AvgIpc) is 2.38. The number of hydrogen-bond donors (Lipinski definition) is 1. The normalized spacial score (nSPS) is 19.2. The van der Waals surface area contributed by atoms with Gasteiger partial charge in [-0.2, -0.15) is 10.1 Å². The molecule has 0 fully saturated rings. The summed E-state index contributed by atoms with van der Waals surface area (Å²) >= 11 is 0. The van der Waals surface area contributed by atoms with Crippen LogP contribution in [-0.4, -0.2) is 30.6 Å². The van der Waals surface area contributed by atoms with Gasteiger partial charge in [0.1, 0.15) is 6.73 Å². The van der Waals surface area contributed by atoms with Crippen LogP contribution in [0, 0.1) is 0 Å².